The average Bonchev–Trinajstić information content (AvgIpc) is 1.69. The molecule has 0 saturated heterocycles. The fraction of sp³-hybridized carbons (Fsp3) is 0.0543. The normalized spacial score (nSPS) is 14.1. The molecule has 2 heterocycles. The van der Waals surface area contributed by atoms with Crippen LogP contribution in [-0.2, 0) is 13.9 Å². The van der Waals surface area contributed by atoms with Gasteiger partial charge in [-0.05, 0) is 85.8 Å². The molecule has 0 saturated carbocycles. The summed E-state index contributed by atoms with van der Waals surface area (Å²) in [7, 11) is -7.39. The van der Waals surface area contributed by atoms with Crippen LogP contribution < -0.4 is 28.7 Å². The molecule has 3 atom stereocenters. The van der Waals surface area contributed by atoms with Crippen LogP contribution in [0.2, 0.25) is 0 Å². The summed E-state index contributed by atoms with van der Waals surface area (Å²) in [6, 6.07) is 104. The zero-order valence-electron chi connectivity index (χ0n) is 59.6. The van der Waals surface area contributed by atoms with E-state index < -0.39 is 21.7 Å². The number of ether oxygens (including phenoxy) is 1. The van der Waals surface area contributed by atoms with Crippen LogP contribution in [0.1, 0.15) is 67.7 Å². The Balaban J connectivity index is 0.000000175. The van der Waals surface area contributed by atoms with Crippen molar-refractivity contribution < 1.29 is 66.0 Å². The van der Waals surface area contributed by atoms with Gasteiger partial charge in [0.15, 0.2) is 5.78 Å². The van der Waals surface area contributed by atoms with Gasteiger partial charge in [0, 0.05) is 86.6 Å². The Hall–Kier alpha value is -13.4. The summed E-state index contributed by atoms with van der Waals surface area (Å²) in [5.74, 6) is 0.0996. The third kappa shape index (κ3) is 19.3. The summed E-state index contributed by atoms with van der Waals surface area (Å²) in [5.41, 5.74) is 10.7. The number of phosphoric acid groups is 2. The molecule has 19 heteroatoms. The molecule has 16 rings (SSSR count). The lowest BCUT2D eigenvalue weighted by atomic mass is 9.85. The lowest BCUT2D eigenvalue weighted by Crippen LogP contribution is -2.30. The van der Waals surface area contributed by atoms with Crippen LogP contribution in [0.5, 0.6) is 23.0 Å². The number of hydrogen-bond acceptors (Lipinski definition) is 12. The number of nitrogens with one attached hydrogen (secondary N) is 2. The highest BCUT2D eigenvalue weighted by Crippen LogP contribution is 2.64. The van der Waals surface area contributed by atoms with Crippen molar-refractivity contribution in [1.29, 1.82) is 0 Å². The number of carbonyl (C=O) groups is 4. The Morgan fingerprint density at radius 1 is 0.432 bits per heavy atom. The minimum Gasteiger partial charge on any atom is -0.453 e. The third-order valence-corrected chi connectivity index (χ3v) is 19.3. The zero-order chi connectivity index (χ0) is 77.0. The molecular weight excluding hydrogens is 1430 g/mol. The molecule has 2 unspecified atom stereocenters. The van der Waals surface area contributed by atoms with Gasteiger partial charge in [0.2, 0.25) is 0 Å². The molecular formula is C92H77N3O14P2. The highest BCUT2D eigenvalue weighted by Gasteiger charge is 2.41. The Labute approximate surface area is 643 Å². The number of carbonyl (C=O) groups excluding carboxylic acids is 4. The van der Waals surface area contributed by atoms with E-state index in [9.17, 15) is 38.1 Å². The van der Waals surface area contributed by atoms with Gasteiger partial charge in [-0.3, -0.25) is 29.5 Å². The van der Waals surface area contributed by atoms with Crippen LogP contribution in [0.4, 0.5) is 4.79 Å². The second-order valence-electron chi connectivity index (χ2n) is 24.7. The second-order valence-corrected chi connectivity index (χ2v) is 27.3. The summed E-state index contributed by atoms with van der Waals surface area (Å²) < 4.78 is 56.8. The summed E-state index contributed by atoms with van der Waals surface area (Å²) in [6.45, 7) is 3.70. The number of benzene rings is 14. The van der Waals surface area contributed by atoms with Gasteiger partial charge >= 0.3 is 21.7 Å². The van der Waals surface area contributed by atoms with Gasteiger partial charge in [-0.15, -0.1) is 0 Å². The van der Waals surface area contributed by atoms with Crippen LogP contribution in [0.15, 0.2) is 351 Å². The van der Waals surface area contributed by atoms with E-state index >= 15 is 0 Å². The minimum absolute atomic E-state index is 0. The van der Waals surface area contributed by atoms with Crippen LogP contribution in [-0.4, -0.2) is 59.0 Å². The van der Waals surface area contributed by atoms with E-state index in [4.69, 9.17) is 23.2 Å². The number of phosphoric ester groups is 2. The Morgan fingerprint density at radius 2 is 0.793 bits per heavy atom. The number of alkyl carbamates (subject to hydrolysis) is 1. The molecule has 0 bridgehead atoms. The Bertz CT molecular complexity index is 5480. The Morgan fingerprint density at radius 3 is 1.23 bits per heavy atom. The van der Waals surface area contributed by atoms with Gasteiger partial charge in [-0.2, -0.15) is 0 Å². The predicted octanol–water partition coefficient (Wildman–Crippen LogP) is 21.7. The minimum atomic E-state index is -4.85. The quantitative estimate of drug-likeness (QED) is 0.0409. The standard InChI is InChI=1S/C44H28O8P2.C22H19NO2.C14H11NO.C10H11NO2.CH4O.CH4/c45-53(46)49-41-33(27-13-3-1-4-14-27)21-11-23-35(41)37-25-29-17-7-9-19-31(29)39(43(37)51-53)40-32-20-10-8-18-30(32)26-38-36-24-12-22-34(28-15-5-2-6-16-28)42(36)50-54(47,48)52-44(38)40;24-21(18-12-6-2-7-13-18)16-20(17-10-4-1-5-11-17)23-22(25)19-14-8-3-9-15-19;16-14(13-9-5-2-6-10-13)15-11-12-7-3-1-4-8-12;1-8(11-10(12)13-2)9-6-4-3-5-7-9;1-2;/h1-26H,(H,45,46)(H,47,48);1-15,20H,16H2,(H,23,25);1-11H;3-7H,1H2,2H3,(H,11,12);2H,1H3;1H4/t;20-;;;;/m.1..../s1. The molecule has 2 aliphatic rings. The van der Waals surface area contributed by atoms with Crippen LogP contribution in [0.3, 0.4) is 0 Å². The fourth-order valence-corrected chi connectivity index (χ4v) is 14.3. The van der Waals surface area contributed by atoms with E-state index in [0.29, 0.717) is 77.7 Å². The topological polar surface area (TPSA) is 246 Å². The van der Waals surface area contributed by atoms with E-state index in [1.165, 1.54) is 7.11 Å². The van der Waals surface area contributed by atoms with Gasteiger partial charge in [0.25, 0.3) is 11.8 Å². The van der Waals surface area contributed by atoms with Gasteiger partial charge in [-0.1, -0.05) is 317 Å². The predicted molar refractivity (Wildman–Crippen MR) is 440 cm³/mol. The number of amides is 3. The van der Waals surface area contributed by atoms with E-state index in [1.807, 2.05) is 303 Å². The smallest absolute Gasteiger partial charge is 0.453 e. The first-order valence-electron chi connectivity index (χ1n) is 34.7. The highest BCUT2D eigenvalue weighted by atomic mass is 31.2. The summed E-state index contributed by atoms with van der Waals surface area (Å²) in [5, 5.41) is 15.3. The third-order valence-electron chi connectivity index (χ3n) is 17.6. The number of methoxy groups -OCH3 is 1. The first-order valence-corrected chi connectivity index (χ1v) is 37.7. The number of Topliss-reactive ketones (excluding diaryl/α,β-unsaturated/α-hetero) is 1. The van der Waals surface area contributed by atoms with Crippen molar-refractivity contribution in [2.75, 3.05) is 14.2 Å². The van der Waals surface area contributed by atoms with E-state index in [1.54, 1.807) is 42.6 Å². The number of fused-ring (bicyclic) bond motifs is 8. The van der Waals surface area contributed by atoms with Crippen molar-refractivity contribution in [2.45, 2.75) is 19.9 Å². The van der Waals surface area contributed by atoms with Crippen molar-refractivity contribution >= 4 is 72.8 Å². The van der Waals surface area contributed by atoms with Crippen molar-refractivity contribution in [1.82, 2.24) is 10.6 Å². The molecule has 0 spiro atoms. The monoisotopic (exact) mass is 1510 g/mol. The number of aliphatic hydroxyl groups excluding tert-OH is 1. The molecule has 554 valence electrons. The molecule has 17 nitrogen and oxygen atoms in total. The number of rotatable bonds is 13. The number of aliphatic hydroxyl groups is 1. The number of nitrogens with zero attached hydrogens (tertiary/aromatic N) is 1. The van der Waals surface area contributed by atoms with Crippen LogP contribution >= 0.6 is 15.6 Å². The van der Waals surface area contributed by atoms with Crippen molar-refractivity contribution in [3.63, 3.8) is 0 Å². The highest BCUT2D eigenvalue weighted by molar-refractivity contribution is 7.48. The SMILES string of the molecule is C.C=C(NC(=O)OC)c1ccccc1.CO.O=C(C[C@@H](NC(=O)c1ccccc1)c1ccccc1)c1ccccc1.O=C(N=Cc1ccccc1)c1ccccc1.O=P1(O)Oc2c(-c3ccccc3)cccc2-c2cc3ccccc3c(-c3c4c(cc5ccccc35)-c3cccc(-c5ccccc5)c3OP(=O)(O)O4)c2O1. The van der Waals surface area contributed by atoms with Gasteiger partial charge in [0.05, 0.1) is 13.2 Å². The molecule has 0 fully saturated rings. The van der Waals surface area contributed by atoms with Crippen molar-refractivity contribution in [3.8, 4) is 78.6 Å². The second kappa shape index (κ2) is 37.0. The molecule has 0 radical (unpaired) electrons. The maximum absolute atomic E-state index is 14.1. The summed E-state index contributed by atoms with van der Waals surface area (Å²) in [6.07, 6.45) is 1.29. The van der Waals surface area contributed by atoms with Crippen molar-refractivity contribution in [2.24, 2.45) is 4.99 Å². The Kier molecular flexibility index (Phi) is 26.2. The number of ketones is 1. The molecule has 14 aromatic carbocycles. The number of aliphatic imine (C=N–C) groups is 1. The van der Waals surface area contributed by atoms with E-state index in [2.05, 4.69) is 26.9 Å². The molecule has 2 aliphatic heterocycles. The summed E-state index contributed by atoms with van der Waals surface area (Å²) in [4.78, 5) is 74.4. The van der Waals surface area contributed by atoms with Gasteiger partial charge in [-0.25, -0.2) is 18.9 Å². The first kappa shape index (κ1) is 78.7. The molecule has 3 amide bonds. The van der Waals surface area contributed by atoms with Gasteiger partial charge in [0.1, 0.15) is 23.0 Å². The van der Waals surface area contributed by atoms with E-state index in [-0.39, 0.29) is 60.5 Å². The number of hydrogen-bond donors (Lipinski definition) is 5. The zero-order valence-corrected chi connectivity index (χ0v) is 61.4. The fourth-order valence-electron chi connectivity index (χ4n) is 12.5. The molecule has 5 N–H and O–H groups in total. The number of para-hydroxylation sites is 2. The maximum Gasteiger partial charge on any atom is 0.584 e. The first-order chi connectivity index (χ1) is 53.6. The molecule has 14 aromatic rings. The summed E-state index contributed by atoms with van der Waals surface area (Å²) >= 11 is 0. The lowest BCUT2D eigenvalue weighted by Gasteiger charge is -2.22. The average molecular weight is 1510 g/mol. The molecule has 111 heavy (non-hydrogen) atoms. The van der Waals surface area contributed by atoms with E-state index in [0.717, 1.165) is 45.7 Å². The maximum atomic E-state index is 14.1. The molecule has 0 aromatic heterocycles. The van der Waals surface area contributed by atoms with Gasteiger partial charge < -0.3 is 33.3 Å². The largest absolute Gasteiger partial charge is 0.584 e. The lowest BCUT2D eigenvalue weighted by molar-refractivity contribution is 0.0910. The van der Waals surface area contributed by atoms with Crippen LogP contribution in [0.25, 0.3) is 82.9 Å². The molecule has 0 aliphatic carbocycles. The van der Waals surface area contributed by atoms with Crippen molar-refractivity contribution in [3.05, 3.63) is 380 Å². The van der Waals surface area contributed by atoms with Crippen LogP contribution in [0, 0.1) is 0 Å².